The molecule has 0 unspecified atom stereocenters. The maximum absolute atomic E-state index is 12.4. The minimum atomic E-state index is -0.467. The zero-order valence-electron chi connectivity index (χ0n) is 10.6. The fourth-order valence-electron chi connectivity index (χ4n) is 2.32. The van der Waals surface area contributed by atoms with Crippen molar-refractivity contribution in [3.8, 4) is 0 Å². The average molecular weight is 251 g/mol. The van der Waals surface area contributed by atoms with Crippen molar-refractivity contribution in [3.63, 3.8) is 0 Å². The summed E-state index contributed by atoms with van der Waals surface area (Å²) in [5.74, 6) is 0.0785. The van der Waals surface area contributed by atoms with E-state index in [9.17, 15) is 9.59 Å². The van der Waals surface area contributed by atoms with Gasteiger partial charge in [-0.25, -0.2) is 4.79 Å². The lowest BCUT2D eigenvalue weighted by Crippen LogP contribution is -2.48. The SMILES string of the molecule is COC(=O)[C@@H]1CCCCN1C(=O)c1ccoc1C. The molecule has 1 amide bonds. The molecule has 1 aromatic rings. The van der Waals surface area contributed by atoms with Crippen LogP contribution in [0, 0.1) is 6.92 Å². The molecule has 1 aromatic heterocycles. The third-order valence-electron chi connectivity index (χ3n) is 3.33. The van der Waals surface area contributed by atoms with Crippen molar-refractivity contribution in [1.82, 2.24) is 4.90 Å². The van der Waals surface area contributed by atoms with Crippen LogP contribution in [0.2, 0.25) is 0 Å². The Morgan fingerprint density at radius 1 is 1.44 bits per heavy atom. The largest absolute Gasteiger partial charge is 0.469 e. The van der Waals surface area contributed by atoms with Crippen molar-refractivity contribution >= 4 is 11.9 Å². The van der Waals surface area contributed by atoms with Crippen LogP contribution in [0.15, 0.2) is 16.7 Å². The van der Waals surface area contributed by atoms with Gasteiger partial charge in [-0.3, -0.25) is 4.79 Å². The van der Waals surface area contributed by atoms with Crippen LogP contribution >= 0.6 is 0 Å². The average Bonchev–Trinajstić information content (AvgIpc) is 2.83. The molecule has 0 spiro atoms. The van der Waals surface area contributed by atoms with Crippen molar-refractivity contribution in [3.05, 3.63) is 23.7 Å². The van der Waals surface area contributed by atoms with Gasteiger partial charge in [0.15, 0.2) is 0 Å². The normalized spacial score (nSPS) is 19.7. The molecule has 1 atom stereocenters. The summed E-state index contributed by atoms with van der Waals surface area (Å²) in [4.78, 5) is 25.7. The van der Waals surface area contributed by atoms with E-state index in [2.05, 4.69) is 0 Å². The number of rotatable bonds is 2. The molecule has 0 saturated carbocycles. The van der Waals surface area contributed by atoms with E-state index in [1.807, 2.05) is 0 Å². The molecule has 0 aromatic carbocycles. The fourth-order valence-corrected chi connectivity index (χ4v) is 2.32. The minimum absolute atomic E-state index is 0.156. The minimum Gasteiger partial charge on any atom is -0.469 e. The summed E-state index contributed by atoms with van der Waals surface area (Å²) in [6.07, 6.45) is 4.00. The predicted octanol–water partition coefficient (Wildman–Crippen LogP) is 1.76. The number of hydrogen-bond acceptors (Lipinski definition) is 4. The molecule has 0 aliphatic carbocycles. The monoisotopic (exact) mass is 251 g/mol. The molecule has 0 bridgehead atoms. The molecule has 1 fully saturated rings. The maximum atomic E-state index is 12.4. The predicted molar refractivity (Wildman–Crippen MR) is 64.1 cm³/mol. The fraction of sp³-hybridized carbons (Fsp3) is 0.538. The lowest BCUT2D eigenvalue weighted by atomic mass is 10.0. The Balaban J connectivity index is 2.21. The van der Waals surface area contributed by atoms with Crippen LogP contribution in [-0.2, 0) is 9.53 Å². The van der Waals surface area contributed by atoms with E-state index in [4.69, 9.17) is 9.15 Å². The molecular weight excluding hydrogens is 234 g/mol. The van der Waals surface area contributed by atoms with Crippen LogP contribution in [0.4, 0.5) is 0 Å². The lowest BCUT2D eigenvalue weighted by Gasteiger charge is -2.33. The first kappa shape index (κ1) is 12.7. The highest BCUT2D eigenvalue weighted by Crippen LogP contribution is 2.22. The summed E-state index contributed by atoms with van der Waals surface area (Å²) in [5.41, 5.74) is 0.519. The summed E-state index contributed by atoms with van der Waals surface area (Å²) < 4.78 is 9.90. The number of hydrogen-bond donors (Lipinski definition) is 0. The van der Waals surface area contributed by atoms with E-state index in [1.54, 1.807) is 17.9 Å². The zero-order chi connectivity index (χ0) is 13.1. The van der Waals surface area contributed by atoms with Gasteiger partial charge in [0.1, 0.15) is 11.8 Å². The van der Waals surface area contributed by atoms with Crippen LogP contribution in [0.1, 0.15) is 35.4 Å². The molecule has 5 heteroatoms. The third-order valence-corrected chi connectivity index (χ3v) is 3.33. The Morgan fingerprint density at radius 2 is 2.22 bits per heavy atom. The number of carbonyl (C=O) groups is 2. The molecule has 0 N–H and O–H groups in total. The molecule has 1 aliphatic rings. The Kier molecular flexibility index (Phi) is 3.69. The number of nitrogens with zero attached hydrogens (tertiary/aromatic N) is 1. The summed E-state index contributed by atoms with van der Waals surface area (Å²) in [6, 6.07) is 1.17. The topological polar surface area (TPSA) is 59.8 Å². The summed E-state index contributed by atoms with van der Waals surface area (Å²) >= 11 is 0. The number of methoxy groups -OCH3 is 1. The standard InChI is InChI=1S/C13H17NO4/c1-9-10(6-8-18-9)12(15)14-7-4-3-5-11(14)13(16)17-2/h6,8,11H,3-5,7H2,1-2H3/t11-/m0/s1. The number of esters is 1. The molecule has 98 valence electrons. The second kappa shape index (κ2) is 5.25. The van der Waals surface area contributed by atoms with Gasteiger partial charge in [0, 0.05) is 6.54 Å². The van der Waals surface area contributed by atoms with Crippen LogP contribution in [0.3, 0.4) is 0 Å². The number of piperidine rings is 1. The van der Waals surface area contributed by atoms with Crippen molar-refractivity contribution in [1.29, 1.82) is 0 Å². The van der Waals surface area contributed by atoms with Gasteiger partial charge in [0.25, 0.3) is 5.91 Å². The first-order valence-corrected chi connectivity index (χ1v) is 6.08. The van der Waals surface area contributed by atoms with Gasteiger partial charge >= 0.3 is 5.97 Å². The van der Waals surface area contributed by atoms with Crippen molar-refractivity contribution in [2.24, 2.45) is 0 Å². The maximum Gasteiger partial charge on any atom is 0.328 e. The molecule has 5 nitrogen and oxygen atoms in total. The quantitative estimate of drug-likeness (QED) is 0.751. The van der Waals surface area contributed by atoms with Crippen LogP contribution in [-0.4, -0.2) is 36.5 Å². The third kappa shape index (κ3) is 2.25. The van der Waals surface area contributed by atoms with Crippen molar-refractivity contribution in [2.75, 3.05) is 13.7 Å². The molecule has 1 aliphatic heterocycles. The van der Waals surface area contributed by atoms with Gasteiger partial charge in [-0.2, -0.15) is 0 Å². The molecule has 18 heavy (non-hydrogen) atoms. The van der Waals surface area contributed by atoms with Gasteiger partial charge in [-0.05, 0) is 32.3 Å². The van der Waals surface area contributed by atoms with Crippen LogP contribution in [0.5, 0.6) is 0 Å². The molecular formula is C13H17NO4. The van der Waals surface area contributed by atoms with Gasteiger partial charge in [0.05, 0.1) is 18.9 Å². The Morgan fingerprint density at radius 3 is 2.83 bits per heavy atom. The number of aryl methyl sites for hydroxylation is 1. The second-order valence-electron chi connectivity index (χ2n) is 4.42. The van der Waals surface area contributed by atoms with Gasteiger partial charge in [0.2, 0.25) is 0 Å². The van der Waals surface area contributed by atoms with Gasteiger partial charge < -0.3 is 14.1 Å². The molecule has 2 heterocycles. The van der Waals surface area contributed by atoms with E-state index in [0.29, 0.717) is 24.3 Å². The van der Waals surface area contributed by atoms with Crippen LogP contribution < -0.4 is 0 Å². The Bertz CT molecular complexity index is 452. The molecule has 1 saturated heterocycles. The van der Waals surface area contributed by atoms with Gasteiger partial charge in [-0.1, -0.05) is 0 Å². The van der Waals surface area contributed by atoms with E-state index < -0.39 is 6.04 Å². The second-order valence-corrected chi connectivity index (χ2v) is 4.42. The van der Waals surface area contributed by atoms with Crippen molar-refractivity contribution in [2.45, 2.75) is 32.2 Å². The Labute approximate surface area is 106 Å². The highest BCUT2D eigenvalue weighted by atomic mass is 16.5. The van der Waals surface area contributed by atoms with E-state index in [1.165, 1.54) is 13.4 Å². The number of ether oxygens (including phenoxy) is 1. The van der Waals surface area contributed by atoms with E-state index >= 15 is 0 Å². The van der Waals surface area contributed by atoms with Crippen LogP contribution in [0.25, 0.3) is 0 Å². The number of likely N-dealkylation sites (tertiary alicyclic amines) is 1. The summed E-state index contributed by atoms with van der Waals surface area (Å²) in [7, 11) is 1.35. The lowest BCUT2D eigenvalue weighted by molar-refractivity contribution is -0.147. The van der Waals surface area contributed by atoms with Crippen molar-refractivity contribution < 1.29 is 18.7 Å². The highest BCUT2D eigenvalue weighted by molar-refractivity contribution is 5.97. The summed E-state index contributed by atoms with van der Waals surface area (Å²) in [6.45, 7) is 2.33. The first-order chi connectivity index (χ1) is 8.65. The summed E-state index contributed by atoms with van der Waals surface area (Å²) in [5, 5.41) is 0. The smallest absolute Gasteiger partial charge is 0.328 e. The molecule has 0 radical (unpaired) electrons. The van der Waals surface area contributed by atoms with Gasteiger partial charge in [-0.15, -0.1) is 0 Å². The number of carbonyl (C=O) groups excluding carboxylic acids is 2. The van der Waals surface area contributed by atoms with E-state index in [-0.39, 0.29) is 11.9 Å². The number of amides is 1. The Hall–Kier alpha value is -1.78. The molecule has 2 rings (SSSR count). The van der Waals surface area contributed by atoms with E-state index in [0.717, 1.165) is 12.8 Å². The zero-order valence-corrected chi connectivity index (χ0v) is 10.6. The first-order valence-electron chi connectivity index (χ1n) is 6.08. The highest BCUT2D eigenvalue weighted by Gasteiger charge is 2.34. The number of furan rings is 1.